The van der Waals surface area contributed by atoms with Gasteiger partial charge in [-0.1, -0.05) is 303 Å². The Morgan fingerprint density at radius 2 is 0.370 bits per heavy atom. The van der Waals surface area contributed by atoms with E-state index in [-0.39, 0.29) is 0 Å². The van der Waals surface area contributed by atoms with Gasteiger partial charge in [0.15, 0.2) is 0 Å². The summed E-state index contributed by atoms with van der Waals surface area (Å²) in [5, 5.41) is 15.1. The quantitative estimate of drug-likeness (QED) is 0.130. The van der Waals surface area contributed by atoms with E-state index in [0.717, 1.165) is 11.4 Å². The minimum atomic E-state index is 1.16. The predicted molar refractivity (Wildman–Crippen MR) is 458 cm³/mol. The Morgan fingerprint density at radius 3 is 0.815 bits per heavy atom. The van der Waals surface area contributed by atoms with E-state index in [1.165, 1.54) is 187 Å². The van der Waals surface area contributed by atoms with Crippen LogP contribution in [0.4, 0.5) is 0 Å². The third kappa shape index (κ3) is 10.7. The van der Waals surface area contributed by atoms with Crippen molar-refractivity contribution in [3.8, 4) is 89.5 Å². The van der Waals surface area contributed by atoms with Crippen LogP contribution in [0.1, 0.15) is 0 Å². The molecule has 4 heterocycles. The van der Waals surface area contributed by atoms with Crippen molar-refractivity contribution in [1.29, 1.82) is 0 Å². The summed E-state index contributed by atoms with van der Waals surface area (Å²) < 4.78 is 9.62. The predicted octanol–water partition coefficient (Wildman–Crippen LogP) is 28.1. The van der Waals surface area contributed by atoms with Crippen molar-refractivity contribution in [3.63, 3.8) is 0 Å². The molecule has 0 aliphatic carbocycles. The second kappa shape index (κ2) is 25.8. The van der Waals surface area contributed by atoms with Gasteiger partial charge in [-0.05, 0) is 198 Å². The summed E-state index contributed by atoms with van der Waals surface area (Å²) in [6, 6.07) is 150. The van der Waals surface area contributed by atoms with Crippen LogP contribution in [-0.2, 0) is 0 Å². The van der Waals surface area contributed by atoms with E-state index in [1.54, 1.807) is 0 Å². The standard InChI is InChI=1S/2C52H34N2/c1-2-11-35(12-3-1)40-15-10-16-43(31-40)53-50-20-9-7-18-46(50)48-33-41(27-30-51(48)53)37-21-23-38(24-22-37)42-26-29-47-45-17-6-8-19-49(45)54(52(47)34-42)44-28-25-36-13-4-5-14-39(36)32-44;1-2-10-35(11-3-1)37-22-27-43(28-23-37)53-50-17-9-7-15-46(50)48-33-41(26-31-51(48)53)38-18-20-39(21-19-38)42-25-30-47-45-14-6-8-16-49(45)54(52(47)34-42)44-29-24-36-12-4-5-13-40(36)32-44/h2*1-34H. The molecule has 22 aromatic rings. The number of fused-ring (bicyclic) bond motifs is 14. The lowest BCUT2D eigenvalue weighted by atomic mass is 9.98. The second-order valence-electron chi connectivity index (χ2n) is 28.4. The summed E-state index contributed by atoms with van der Waals surface area (Å²) >= 11 is 0. The number of benzene rings is 18. The fourth-order valence-electron chi connectivity index (χ4n) is 16.9. The number of para-hydroxylation sites is 4. The van der Waals surface area contributed by atoms with Gasteiger partial charge in [0.2, 0.25) is 0 Å². The lowest BCUT2D eigenvalue weighted by Gasteiger charge is -2.11. The molecule has 0 atom stereocenters. The van der Waals surface area contributed by atoms with Crippen molar-refractivity contribution < 1.29 is 0 Å². The maximum atomic E-state index is 2.42. The average Bonchev–Trinajstić information content (AvgIpc) is 1.61. The van der Waals surface area contributed by atoms with Crippen molar-refractivity contribution in [1.82, 2.24) is 18.3 Å². The first kappa shape index (κ1) is 62.3. The van der Waals surface area contributed by atoms with Crippen LogP contribution in [0.3, 0.4) is 0 Å². The highest BCUT2D eigenvalue weighted by atomic mass is 15.0. The van der Waals surface area contributed by atoms with Gasteiger partial charge in [-0.15, -0.1) is 0 Å². The smallest absolute Gasteiger partial charge is 0.0547 e. The molecule has 0 spiro atoms. The Bertz CT molecular complexity index is 7250. The molecule has 0 radical (unpaired) electrons. The van der Waals surface area contributed by atoms with Gasteiger partial charge in [0, 0.05) is 65.8 Å². The molecule has 108 heavy (non-hydrogen) atoms. The molecular formula is C104H68N4. The first-order valence-electron chi connectivity index (χ1n) is 37.2. The molecule has 22 rings (SSSR count). The fourth-order valence-corrected chi connectivity index (χ4v) is 16.9. The topological polar surface area (TPSA) is 19.7 Å². The van der Waals surface area contributed by atoms with Gasteiger partial charge in [0.25, 0.3) is 0 Å². The van der Waals surface area contributed by atoms with Gasteiger partial charge in [-0.2, -0.15) is 0 Å². The monoisotopic (exact) mass is 1370 g/mol. The van der Waals surface area contributed by atoms with Crippen LogP contribution in [0.5, 0.6) is 0 Å². The van der Waals surface area contributed by atoms with Crippen molar-refractivity contribution in [2.75, 3.05) is 0 Å². The van der Waals surface area contributed by atoms with Crippen LogP contribution in [0, 0.1) is 0 Å². The molecular weight excluding hydrogens is 1310 g/mol. The maximum absolute atomic E-state index is 2.42. The molecule has 0 unspecified atom stereocenters. The number of nitrogens with zero attached hydrogens (tertiary/aromatic N) is 4. The number of hydrogen-bond donors (Lipinski definition) is 0. The van der Waals surface area contributed by atoms with Gasteiger partial charge >= 0.3 is 0 Å². The normalized spacial score (nSPS) is 11.7. The molecule has 0 aliphatic rings. The molecule has 4 heteroatoms. The van der Waals surface area contributed by atoms with Gasteiger partial charge in [-0.3, -0.25) is 0 Å². The van der Waals surface area contributed by atoms with E-state index >= 15 is 0 Å². The molecule has 0 N–H and O–H groups in total. The van der Waals surface area contributed by atoms with E-state index in [4.69, 9.17) is 0 Å². The van der Waals surface area contributed by atoms with Crippen LogP contribution in [-0.4, -0.2) is 18.3 Å². The second-order valence-corrected chi connectivity index (χ2v) is 28.4. The summed E-state index contributed by atoms with van der Waals surface area (Å²) in [6.07, 6.45) is 0. The van der Waals surface area contributed by atoms with Crippen molar-refractivity contribution in [2.24, 2.45) is 0 Å². The third-order valence-electron chi connectivity index (χ3n) is 22.2. The van der Waals surface area contributed by atoms with E-state index in [0.29, 0.717) is 0 Å². The van der Waals surface area contributed by atoms with E-state index in [9.17, 15) is 0 Å². The zero-order valence-corrected chi connectivity index (χ0v) is 59.0. The average molecular weight is 1370 g/mol. The SMILES string of the molecule is c1ccc(-c2ccc(-n3c4ccccc4c4cc(-c5ccc(-c6ccc7c8ccccc8n(-c8ccc9ccccc9c8)c7c6)cc5)ccc43)cc2)cc1.c1ccc(-c2cccc(-n3c4ccccc4c4cc(-c5ccc(-c6ccc7c8ccccc8n(-c8ccc9ccccc9c8)c7c6)cc5)ccc43)c2)cc1. The largest absolute Gasteiger partial charge is 0.309 e. The van der Waals surface area contributed by atoms with Crippen LogP contribution in [0.25, 0.3) is 198 Å². The first-order chi connectivity index (χ1) is 53.5. The maximum Gasteiger partial charge on any atom is 0.0547 e. The molecule has 0 bridgehead atoms. The molecule has 0 amide bonds. The molecule has 0 saturated heterocycles. The molecule has 18 aromatic carbocycles. The van der Waals surface area contributed by atoms with Gasteiger partial charge in [0.05, 0.1) is 44.1 Å². The van der Waals surface area contributed by atoms with Crippen LogP contribution < -0.4 is 0 Å². The molecule has 0 fully saturated rings. The summed E-state index contributed by atoms with van der Waals surface area (Å²) in [4.78, 5) is 0. The third-order valence-corrected chi connectivity index (χ3v) is 22.2. The first-order valence-corrected chi connectivity index (χ1v) is 37.2. The summed E-state index contributed by atoms with van der Waals surface area (Å²) in [7, 11) is 0. The Morgan fingerprint density at radius 1 is 0.111 bits per heavy atom. The highest BCUT2D eigenvalue weighted by molar-refractivity contribution is 6.14. The Kier molecular flexibility index (Phi) is 14.9. The van der Waals surface area contributed by atoms with Crippen molar-refractivity contribution in [3.05, 3.63) is 413 Å². The van der Waals surface area contributed by atoms with Crippen LogP contribution >= 0.6 is 0 Å². The summed E-state index contributed by atoms with van der Waals surface area (Å²) in [6.45, 7) is 0. The van der Waals surface area contributed by atoms with Gasteiger partial charge in [0.1, 0.15) is 0 Å². The number of rotatable bonds is 10. The van der Waals surface area contributed by atoms with E-state index in [2.05, 4.69) is 431 Å². The highest BCUT2D eigenvalue weighted by Gasteiger charge is 2.20. The minimum absolute atomic E-state index is 1.16. The van der Waals surface area contributed by atoms with Crippen LogP contribution in [0.15, 0.2) is 413 Å². The molecule has 4 aromatic heterocycles. The molecule has 0 aliphatic heterocycles. The molecule has 4 nitrogen and oxygen atoms in total. The Balaban J connectivity index is 0.000000138. The summed E-state index contributed by atoms with van der Waals surface area (Å²) in [5.41, 5.74) is 28.9. The van der Waals surface area contributed by atoms with Crippen LogP contribution in [0.2, 0.25) is 0 Å². The highest BCUT2D eigenvalue weighted by Crippen LogP contribution is 2.42. The fraction of sp³-hybridized carbons (Fsp3) is 0. The summed E-state index contributed by atoms with van der Waals surface area (Å²) in [5.74, 6) is 0. The Labute approximate surface area is 625 Å². The zero-order chi connectivity index (χ0) is 71.2. The Hall–Kier alpha value is -14.3. The van der Waals surface area contributed by atoms with Gasteiger partial charge < -0.3 is 18.3 Å². The van der Waals surface area contributed by atoms with Crippen molar-refractivity contribution in [2.45, 2.75) is 0 Å². The van der Waals surface area contributed by atoms with Crippen molar-refractivity contribution >= 4 is 109 Å². The molecule has 504 valence electrons. The zero-order valence-electron chi connectivity index (χ0n) is 59.0. The number of aromatic nitrogens is 4. The lowest BCUT2D eigenvalue weighted by molar-refractivity contribution is 1.18. The number of hydrogen-bond acceptors (Lipinski definition) is 0. The van der Waals surface area contributed by atoms with Gasteiger partial charge in [-0.25, -0.2) is 0 Å². The molecule has 0 saturated carbocycles. The van der Waals surface area contributed by atoms with E-state index in [1.807, 2.05) is 0 Å². The van der Waals surface area contributed by atoms with E-state index < -0.39 is 0 Å². The lowest BCUT2D eigenvalue weighted by Crippen LogP contribution is -1.94. The minimum Gasteiger partial charge on any atom is -0.309 e.